The van der Waals surface area contributed by atoms with Gasteiger partial charge in [0.25, 0.3) is 0 Å². The van der Waals surface area contributed by atoms with E-state index in [-0.39, 0.29) is 5.91 Å². The molecule has 1 aliphatic rings. The van der Waals surface area contributed by atoms with Gasteiger partial charge >= 0.3 is 0 Å². The van der Waals surface area contributed by atoms with Crippen molar-refractivity contribution in [1.82, 2.24) is 10.2 Å². The van der Waals surface area contributed by atoms with Crippen LogP contribution in [-0.2, 0) is 27.9 Å². The molecule has 1 atom stereocenters. The first-order valence-corrected chi connectivity index (χ1v) is 12.3. The SMILES string of the molecule is C[C@@H](C(=O)NCc1ccccc1CN1CCCCC1)N(c1ccccc1)S(C)(=O)=O. The Morgan fingerprint density at radius 1 is 1.00 bits per heavy atom. The average molecular weight is 430 g/mol. The number of hydrogen-bond donors (Lipinski definition) is 1. The van der Waals surface area contributed by atoms with Crippen molar-refractivity contribution >= 4 is 21.6 Å². The molecule has 2 aromatic rings. The molecule has 162 valence electrons. The Balaban J connectivity index is 1.69. The van der Waals surface area contributed by atoms with E-state index >= 15 is 0 Å². The summed E-state index contributed by atoms with van der Waals surface area (Å²) in [4.78, 5) is 15.3. The van der Waals surface area contributed by atoms with Gasteiger partial charge in [0.05, 0.1) is 11.9 Å². The third kappa shape index (κ3) is 5.83. The molecular formula is C23H31N3O3S. The topological polar surface area (TPSA) is 69.7 Å². The van der Waals surface area contributed by atoms with Crippen LogP contribution in [0, 0.1) is 0 Å². The maximum Gasteiger partial charge on any atom is 0.243 e. The number of anilines is 1. The maximum absolute atomic E-state index is 12.9. The molecule has 1 heterocycles. The minimum Gasteiger partial charge on any atom is -0.350 e. The van der Waals surface area contributed by atoms with E-state index in [9.17, 15) is 13.2 Å². The Morgan fingerprint density at radius 3 is 2.23 bits per heavy atom. The smallest absolute Gasteiger partial charge is 0.243 e. The van der Waals surface area contributed by atoms with E-state index in [1.165, 1.54) is 29.1 Å². The van der Waals surface area contributed by atoms with Crippen LogP contribution in [-0.4, -0.2) is 44.6 Å². The summed E-state index contributed by atoms with van der Waals surface area (Å²) < 4.78 is 25.9. The summed E-state index contributed by atoms with van der Waals surface area (Å²) >= 11 is 0. The molecule has 1 amide bonds. The number of benzene rings is 2. The molecule has 0 saturated carbocycles. The lowest BCUT2D eigenvalue weighted by molar-refractivity contribution is -0.122. The van der Waals surface area contributed by atoms with Crippen LogP contribution in [0.5, 0.6) is 0 Å². The fourth-order valence-electron chi connectivity index (χ4n) is 3.96. The number of para-hydroxylation sites is 1. The van der Waals surface area contributed by atoms with Gasteiger partial charge in [0.1, 0.15) is 6.04 Å². The lowest BCUT2D eigenvalue weighted by Crippen LogP contribution is -2.47. The van der Waals surface area contributed by atoms with Gasteiger partial charge < -0.3 is 5.32 Å². The Labute approximate surface area is 179 Å². The molecule has 1 aliphatic heterocycles. The molecule has 2 aromatic carbocycles. The number of carbonyl (C=O) groups excluding carboxylic acids is 1. The van der Waals surface area contributed by atoms with Crippen molar-refractivity contribution in [2.75, 3.05) is 23.7 Å². The minimum atomic E-state index is -3.61. The highest BCUT2D eigenvalue weighted by Crippen LogP contribution is 2.21. The quantitative estimate of drug-likeness (QED) is 0.700. The fraction of sp³-hybridized carbons (Fsp3) is 0.435. The van der Waals surface area contributed by atoms with E-state index in [0.717, 1.165) is 31.5 Å². The first kappa shape index (κ1) is 22.3. The first-order valence-electron chi connectivity index (χ1n) is 10.5. The van der Waals surface area contributed by atoms with Gasteiger partial charge in [-0.3, -0.25) is 14.0 Å². The largest absolute Gasteiger partial charge is 0.350 e. The molecule has 0 radical (unpaired) electrons. The van der Waals surface area contributed by atoms with E-state index < -0.39 is 16.1 Å². The number of likely N-dealkylation sites (tertiary alicyclic amines) is 1. The summed E-state index contributed by atoms with van der Waals surface area (Å²) in [6, 6.07) is 16.0. The van der Waals surface area contributed by atoms with Crippen LogP contribution in [0.25, 0.3) is 0 Å². The van der Waals surface area contributed by atoms with E-state index in [2.05, 4.69) is 16.3 Å². The molecule has 1 saturated heterocycles. The van der Waals surface area contributed by atoms with Crippen molar-refractivity contribution in [3.8, 4) is 0 Å². The van der Waals surface area contributed by atoms with Crippen LogP contribution in [0.2, 0.25) is 0 Å². The number of rotatable bonds is 8. The summed E-state index contributed by atoms with van der Waals surface area (Å²) in [5.41, 5.74) is 2.75. The number of carbonyl (C=O) groups is 1. The molecule has 1 fully saturated rings. The summed E-state index contributed by atoms with van der Waals surface area (Å²) in [6.07, 6.45) is 4.89. The van der Waals surface area contributed by atoms with Crippen molar-refractivity contribution in [3.63, 3.8) is 0 Å². The second kappa shape index (κ2) is 10.1. The Morgan fingerprint density at radius 2 is 1.60 bits per heavy atom. The van der Waals surface area contributed by atoms with Crippen LogP contribution in [0.1, 0.15) is 37.3 Å². The van der Waals surface area contributed by atoms with Gasteiger partial charge in [-0.15, -0.1) is 0 Å². The van der Waals surface area contributed by atoms with Crippen molar-refractivity contribution < 1.29 is 13.2 Å². The van der Waals surface area contributed by atoms with Crippen LogP contribution in [0.15, 0.2) is 54.6 Å². The van der Waals surface area contributed by atoms with Crippen LogP contribution in [0.4, 0.5) is 5.69 Å². The van der Waals surface area contributed by atoms with E-state index in [1.807, 2.05) is 24.3 Å². The van der Waals surface area contributed by atoms with E-state index in [4.69, 9.17) is 0 Å². The number of hydrogen-bond acceptors (Lipinski definition) is 4. The summed E-state index contributed by atoms with van der Waals surface area (Å²) in [5.74, 6) is -0.322. The highest BCUT2D eigenvalue weighted by atomic mass is 32.2. The number of amides is 1. The second-order valence-corrected chi connectivity index (χ2v) is 9.75. The van der Waals surface area contributed by atoms with Gasteiger partial charge in [0.15, 0.2) is 0 Å². The van der Waals surface area contributed by atoms with Gasteiger partial charge in [-0.05, 0) is 56.1 Å². The zero-order chi connectivity index (χ0) is 21.6. The highest BCUT2D eigenvalue weighted by molar-refractivity contribution is 7.92. The van der Waals surface area contributed by atoms with E-state index in [0.29, 0.717) is 12.2 Å². The second-order valence-electron chi connectivity index (χ2n) is 7.89. The monoisotopic (exact) mass is 429 g/mol. The van der Waals surface area contributed by atoms with Crippen molar-refractivity contribution in [3.05, 3.63) is 65.7 Å². The molecule has 0 aliphatic carbocycles. The third-order valence-corrected chi connectivity index (χ3v) is 6.75. The van der Waals surface area contributed by atoms with Crippen molar-refractivity contribution in [2.24, 2.45) is 0 Å². The highest BCUT2D eigenvalue weighted by Gasteiger charge is 2.28. The number of nitrogens with one attached hydrogen (secondary N) is 1. The van der Waals surface area contributed by atoms with Crippen LogP contribution < -0.4 is 9.62 Å². The average Bonchev–Trinajstić information content (AvgIpc) is 2.73. The lowest BCUT2D eigenvalue weighted by atomic mass is 10.0. The predicted octanol–water partition coefficient (Wildman–Crippen LogP) is 3.14. The molecule has 0 bridgehead atoms. The molecule has 0 unspecified atom stereocenters. The summed E-state index contributed by atoms with van der Waals surface area (Å²) in [7, 11) is -3.61. The Bertz CT molecular complexity index is 941. The molecule has 30 heavy (non-hydrogen) atoms. The predicted molar refractivity (Wildman–Crippen MR) is 121 cm³/mol. The first-order chi connectivity index (χ1) is 14.4. The fourth-order valence-corrected chi connectivity index (χ4v) is 5.13. The normalized spacial score (nSPS) is 16.1. The molecule has 0 aromatic heterocycles. The van der Waals surface area contributed by atoms with Crippen molar-refractivity contribution in [2.45, 2.75) is 45.3 Å². The van der Waals surface area contributed by atoms with Gasteiger partial charge in [-0.25, -0.2) is 8.42 Å². The van der Waals surface area contributed by atoms with Gasteiger partial charge in [-0.2, -0.15) is 0 Å². The van der Waals surface area contributed by atoms with Crippen LogP contribution in [0.3, 0.4) is 0 Å². The molecule has 7 heteroatoms. The molecular weight excluding hydrogens is 398 g/mol. The number of nitrogens with zero attached hydrogens (tertiary/aromatic N) is 2. The molecule has 3 rings (SSSR count). The third-order valence-electron chi connectivity index (χ3n) is 5.51. The number of piperidine rings is 1. The van der Waals surface area contributed by atoms with E-state index in [1.54, 1.807) is 31.2 Å². The number of sulfonamides is 1. The molecule has 0 spiro atoms. The lowest BCUT2D eigenvalue weighted by Gasteiger charge is -2.29. The molecule has 1 N–H and O–H groups in total. The molecule has 6 nitrogen and oxygen atoms in total. The minimum absolute atomic E-state index is 0.322. The van der Waals surface area contributed by atoms with Crippen molar-refractivity contribution in [1.29, 1.82) is 0 Å². The Kier molecular flexibility index (Phi) is 7.50. The standard InChI is InChI=1S/C23H31N3O3S/c1-19(26(30(2,28)29)22-13-5-3-6-14-22)23(27)24-17-20-11-7-8-12-21(20)18-25-15-9-4-10-16-25/h3,5-8,11-14,19H,4,9-10,15-18H2,1-2H3,(H,24,27)/t19-/m0/s1. The maximum atomic E-state index is 12.9. The summed E-state index contributed by atoms with van der Waals surface area (Å²) in [5, 5.41) is 2.94. The Hall–Kier alpha value is -2.38. The van der Waals surface area contributed by atoms with Crippen LogP contribution >= 0.6 is 0 Å². The summed E-state index contributed by atoms with van der Waals surface area (Å²) in [6.45, 7) is 5.08. The zero-order valence-electron chi connectivity index (χ0n) is 17.8. The van der Waals surface area contributed by atoms with Gasteiger partial charge in [-0.1, -0.05) is 48.9 Å². The van der Waals surface area contributed by atoms with Gasteiger partial charge in [0, 0.05) is 13.1 Å². The zero-order valence-corrected chi connectivity index (χ0v) is 18.6. The van der Waals surface area contributed by atoms with Gasteiger partial charge in [0.2, 0.25) is 15.9 Å².